The Morgan fingerprint density at radius 1 is 1.46 bits per heavy atom. The molecule has 142 valence electrons. The summed E-state index contributed by atoms with van der Waals surface area (Å²) >= 11 is 6.10. The van der Waals surface area contributed by atoms with Crippen LogP contribution in [0.5, 0.6) is 0 Å². The Labute approximate surface area is 159 Å². The maximum absolute atomic E-state index is 11.7. The van der Waals surface area contributed by atoms with Gasteiger partial charge in [-0.15, -0.1) is 0 Å². The van der Waals surface area contributed by atoms with Gasteiger partial charge in [0, 0.05) is 12.1 Å². The molecular formula is C19H25ClN2O4. The molecule has 0 amide bonds. The highest BCUT2D eigenvalue weighted by molar-refractivity contribution is 6.33. The number of aliphatic hydroxyl groups is 1. The SMILES string of the molecule is COC(=O)c1cc(Cl)c(N)c(C#CC2CCCN2C(O)OC(C)(C)C)c1. The van der Waals surface area contributed by atoms with E-state index in [4.69, 9.17) is 26.8 Å². The van der Waals surface area contributed by atoms with Gasteiger partial charge in [0.2, 0.25) is 6.41 Å². The molecule has 1 saturated heterocycles. The van der Waals surface area contributed by atoms with E-state index in [-0.39, 0.29) is 16.6 Å². The number of halogens is 1. The summed E-state index contributed by atoms with van der Waals surface area (Å²) in [6.07, 6.45) is 0.684. The van der Waals surface area contributed by atoms with E-state index in [9.17, 15) is 9.90 Å². The molecule has 0 aromatic heterocycles. The van der Waals surface area contributed by atoms with Gasteiger partial charge in [0.1, 0.15) is 0 Å². The van der Waals surface area contributed by atoms with Crippen molar-refractivity contribution in [3.63, 3.8) is 0 Å². The first-order valence-electron chi connectivity index (χ1n) is 8.43. The van der Waals surface area contributed by atoms with Gasteiger partial charge in [-0.25, -0.2) is 9.69 Å². The summed E-state index contributed by atoms with van der Waals surface area (Å²) in [4.78, 5) is 13.5. The molecule has 0 bridgehead atoms. The number of carbonyl (C=O) groups is 1. The minimum absolute atomic E-state index is 0.174. The summed E-state index contributed by atoms with van der Waals surface area (Å²) in [5.74, 6) is 5.59. The molecule has 0 saturated carbocycles. The van der Waals surface area contributed by atoms with E-state index in [1.807, 2.05) is 20.8 Å². The van der Waals surface area contributed by atoms with Crippen LogP contribution < -0.4 is 5.73 Å². The average molecular weight is 381 g/mol. The van der Waals surface area contributed by atoms with E-state index < -0.39 is 18.0 Å². The molecule has 0 radical (unpaired) electrons. The molecule has 6 nitrogen and oxygen atoms in total. The Kier molecular flexibility index (Phi) is 6.53. The standard InChI is InChI=1S/C19H25ClN2O4/c1-19(2,3)26-18(24)22-9-5-6-14(22)8-7-12-10-13(17(23)25-4)11-15(20)16(12)21/h10-11,14,18,24H,5-6,9,21H2,1-4H3. The number of nitrogen functional groups attached to an aromatic ring is 1. The molecule has 7 heteroatoms. The van der Waals surface area contributed by atoms with Gasteiger partial charge in [-0.2, -0.15) is 0 Å². The quantitative estimate of drug-likeness (QED) is 0.363. The van der Waals surface area contributed by atoms with Crippen LogP contribution in [0.2, 0.25) is 5.02 Å². The minimum atomic E-state index is -1.03. The molecule has 1 aliphatic rings. The second kappa shape index (κ2) is 8.28. The molecule has 1 aliphatic heterocycles. The highest BCUT2D eigenvalue weighted by atomic mass is 35.5. The lowest BCUT2D eigenvalue weighted by Crippen LogP contribution is -2.43. The zero-order valence-corrected chi connectivity index (χ0v) is 16.3. The number of anilines is 1. The fourth-order valence-corrected chi connectivity index (χ4v) is 2.93. The van der Waals surface area contributed by atoms with Crippen molar-refractivity contribution in [1.82, 2.24) is 4.90 Å². The maximum Gasteiger partial charge on any atom is 0.337 e. The average Bonchev–Trinajstić information content (AvgIpc) is 3.02. The Hall–Kier alpha value is -1.78. The predicted molar refractivity (Wildman–Crippen MR) is 101 cm³/mol. The van der Waals surface area contributed by atoms with Crippen LogP contribution in [0.1, 0.15) is 49.5 Å². The number of aliphatic hydroxyl groups excluding tert-OH is 1. The molecule has 3 N–H and O–H groups in total. The third kappa shape index (κ3) is 5.12. The Balaban J connectivity index is 2.25. The lowest BCUT2D eigenvalue weighted by molar-refractivity contribution is -0.238. The van der Waals surface area contributed by atoms with Gasteiger partial charge in [0.05, 0.1) is 35.0 Å². The van der Waals surface area contributed by atoms with Crippen LogP contribution in [0.15, 0.2) is 12.1 Å². The molecule has 26 heavy (non-hydrogen) atoms. The normalized spacial score (nSPS) is 18.9. The number of hydrogen-bond acceptors (Lipinski definition) is 6. The number of likely N-dealkylation sites (tertiary alicyclic amines) is 1. The van der Waals surface area contributed by atoms with Crippen LogP contribution in [0, 0.1) is 11.8 Å². The summed E-state index contributed by atoms with van der Waals surface area (Å²) in [6, 6.07) is 2.84. The number of carbonyl (C=O) groups excluding carboxylic acids is 1. The predicted octanol–water partition coefficient (Wildman–Crippen LogP) is 2.62. The van der Waals surface area contributed by atoms with Gasteiger partial charge in [-0.3, -0.25) is 0 Å². The number of ether oxygens (including phenoxy) is 2. The third-order valence-corrected chi connectivity index (χ3v) is 4.27. The minimum Gasteiger partial charge on any atom is -0.465 e. The number of methoxy groups -OCH3 is 1. The van der Waals surface area contributed by atoms with Crippen LogP contribution >= 0.6 is 11.6 Å². The van der Waals surface area contributed by atoms with Gasteiger partial charge in [-0.05, 0) is 45.7 Å². The van der Waals surface area contributed by atoms with Crippen molar-refractivity contribution in [3.8, 4) is 11.8 Å². The highest BCUT2D eigenvalue weighted by Gasteiger charge is 2.31. The van der Waals surface area contributed by atoms with Crippen LogP contribution in [0.4, 0.5) is 5.69 Å². The fourth-order valence-electron chi connectivity index (χ4n) is 2.71. The highest BCUT2D eigenvalue weighted by Crippen LogP contribution is 2.26. The summed E-state index contributed by atoms with van der Waals surface area (Å²) in [5, 5.41) is 10.6. The van der Waals surface area contributed by atoms with Crippen molar-refractivity contribution in [3.05, 3.63) is 28.3 Å². The van der Waals surface area contributed by atoms with Gasteiger partial charge < -0.3 is 20.3 Å². The fraction of sp³-hybridized carbons (Fsp3) is 0.526. The zero-order valence-electron chi connectivity index (χ0n) is 15.5. The number of esters is 1. The molecule has 2 atom stereocenters. The molecule has 2 unspecified atom stereocenters. The van der Waals surface area contributed by atoms with E-state index in [0.717, 1.165) is 12.8 Å². The van der Waals surface area contributed by atoms with Crippen molar-refractivity contribution in [2.24, 2.45) is 0 Å². The summed E-state index contributed by atoms with van der Waals surface area (Å²) in [6.45, 7) is 6.34. The van der Waals surface area contributed by atoms with Gasteiger partial charge >= 0.3 is 5.97 Å². The van der Waals surface area contributed by atoms with Crippen molar-refractivity contribution < 1.29 is 19.4 Å². The first-order valence-corrected chi connectivity index (χ1v) is 8.80. The molecule has 1 aromatic rings. The molecular weight excluding hydrogens is 356 g/mol. The number of rotatable bonds is 3. The van der Waals surface area contributed by atoms with E-state index in [0.29, 0.717) is 17.8 Å². The molecule has 0 aliphatic carbocycles. The Morgan fingerprint density at radius 2 is 2.15 bits per heavy atom. The molecule has 2 rings (SSSR count). The third-order valence-electron chi connectivity index (χ3n) is 3.96. The van der Waals surface area contributed by atoms with Crippen LogP contribution in [0.25, 0.3) is 0 Å². The monoisotopic (exact) mass is 380 g/mol. The Bertz CT molecular complexity index is 734. The molecule has 1 heterocycles. The van der Waals surface area contributed by atoms with E-state index in [1.54, 1.807) is 11.0 Å². The number of benzene rings is 1. The summed E-state index contributed by atoms with van der Waals surface area (Å²) in [7, 11) is 1.30. The van der Waals surface area contributed by atoms with Crippen molar-refractivity contribution in [1.29, 1.82) is 0 Å². The topological polar surface area (TPSA) is 85.0 Å². The van der Waals surface area contributed by atoms with E-state index >= 15 is 0 Å². The lowest BCUT2D eigenvalue weighted by Gasteiger charge is -2.31. The Morgan fingerprint density at radius 3 is 2.77 bits per heavy atom. The van der Waals surface area contributed by atoms with Gasteiger partial charge in [0.25, 0.3) is 0 Å². The first kappa shape index (κ1) is 20.5. The summed E-state index contributed by atoms with van der Waals surface area (Å²) < 4.78 is 10.3. The van der Waals surface area contributed by atoms with Gasteiger partial charge in [0.15, 0.2) is 0 Å². The molecule has 1 fully saturated rings. The second-order valence-electron chi connectivity index (χ2n) is 7.13. The number of nitrogens with zero attached hydrogens (tertiary/aromatic N) is 1. The second-order valence-corrected chi connectivity index (χ2v) is 7.54. The largest absolute Gasteiger partial charge is 0.465 e. The van der Waals surface area contributed by atoms with E-state index in [2.05, 4.69) is 11.8 Å². The van der Waals surface area contributed by atoms with Gasteiger partial charge in [-0.1, -0.05) is 23.4 Å². The molecule has 0 spiro atoms. The van der Waals surface area contributed by atoms with Crippen molar-refractivity contribution in [2.75, 3.05) is 19.4 Å². The van der Waals surface area contributed by atoms with Crippen LogP contribution in [-0.2, 0) is 9.47 Å². The first-order chi connectivity index (χ1) is 12.1. The smallest absolute Gasteiger partial charge is 0.337 e. The summed E-state index contributed by atoms with van der Waals surface area (Å²) in [5.41, 5.74) is 6.57. The maximum atomic E-state index is 11.7. The van der Waals surface area contributed by atoms with Crippen LogP contribution in [-0.4, -0.2) is 47.7 Å². The zero-order chi connectivity index (χ0) is 19.5. The number of nitrogens with two attached hydrogens (primary N) is 1. The molecule has 1 aromatic carbocycles. The number of hydrogen-bond donors (Lipinski definition) is 2. The van der Waals surface area contributed by atoms with Crippen molar-refractivity contribution >= 4 is 23.3 Å². The lowest BCUT2D eigenvalue weighted by atomic mass is 10.1. The van der Waals surface area contributed by atoms with Crippen LogP contribution in [0.3, 0.4) is 0 Å². The van der Waals surface area contributed by atoms with Crippen molar-refractivity contribution in [2.45, 2.75) is 51.7 Å². The van der Waals surface area contributed by atoms with E-state index in [1.165, 1.54) is 13.2 Å².